The van der Waals surface area contributed by atoms with E-state index < -0.39 is 31.5 Å². The predicted molar refractivity (Wildman–Crippen MR) is 120 cm³/mol. The number of anilines is 3. The number of halogens is 1. The first kappa shape index (κ1) is 23.8. The van der Waals surface area contributed by atoms with Crippen molar-refractivity contribution in [1.29, 1.82) is 0 Å². The molecule has 3 rings (SSSR count). The highest BCUT2D eigenvalue weighted by atomic mass is 35.5. The molecule has 0 radical (unpaired) electrons. The molecule has 0 saturated heterocycles. The standard InChI is InChI=1S/C20H22ClN3O7S/c1-4-12(14-8-5-10(2)31-14)23-15-16(19(27)18(15)26)24-13-7-6-11(21)20(17(13)25)32(28,29)22-9-30-3/h5-8,12,22-25H,4,9H2,1-3H3/t12-/m1/s1. The lowest BCUT2D eigenvalue weighted by Gasteiger charge is -2.21. The van der Waals surface area contributed by atoms with Crippen LogP contribution >= 0.6 is 11.6 Å². The summed E-state index contributed by atoms with van der Waals surface area (Å²) in [7, 11) is -2.93. The van der Waals surface area contributed by atoms with Gasteiger partial charge in [0.25, 0.3) is 10.9 Å². The van der Waals surface area contributed by atoms with Crippen molar-refractivity contribution in [1.82, 2.24) is 4.72 Å². The van der Waals surface area contributed by atoms with Crippen molar-refractivity contribution in [2.24, 2.45) is 0 Å². The van der Waals surface area contributed by atoms with Crippen LogP contribution in [0.15, 0.2) is 43.2 Å². The number of aromatic hydroxyl groups is 1. The van der Waals surface area contributed by atoms with E-state index in [1.54, 1.807) is 19.1 Å². The van der Waals surface area contributed by atoms with Gasteiger partial charge >= 0.3 is 0 Å². The minimum absolute atomic E-state index is 0.00664. The SMILES string of the molecule is CC[C@@H](Nc1c(Nc2ccc(Cl)c(S(=O)(=O)NCOC)c2O)c(=O)c1=O)c1ccc(C)o1. The molecule has 0 unspecified atom stereocenters. The molecule has 1 aromatic heterocycles. The average Bonchev–Trinajstić information content (AvgIpc) is 3.18. The van der Waals surface area contributed by atoms with Gasteiger partial charge in [-0.25, -0.2) is 8.42 Å². The summed E-state index contributed by atoms with van der Waals surface area (Å²) in [6.07, 6.45) is 0.560. The number of hydrogen-bond donors (Lipinski definition) is 4. The summed E-state index contributed by atoms with van der Waals surface area (Å²) in [5.74, 6) is 0.579. The first-order valence-electron chi connectivity index (χ1n) is 9.54. The Balaban J connectivity index is 1.94. The van der Waals surface area contributed by atoms with Gasteiger partial charge in [-0.05, 0) is 37.6 Å². The van der Waals surface area contributed by atoms with E-state index in [9.17, 15) is 23.1 Å². The van der Waals surface area contributed by atoms with E-state index in [0.717, 1.165) is 0 Å². The van der Waals surface area contributed by atoms with Gasteiger partial charge in [0, 0.05) is 7.11 Å². The molecule has 12 heteroatoms. The third kappa shape index (κ3) is 4.51. The van der Waals surface area contributed by atoms with Crippen LogP contribution in [0.25, 0.3) is 0 Å². The van der Waals surface area contributed by atoms with Crippen molar-refractivity contribution >= 4 is 38.7 Å². The molecule has 0 saturated carbocycles. The highest BCUT2D eigenvalue weighted by molar-refractivity contribution is 7.89. The molecule has 0 aliphatic carbocycles. The lowest BCUT2D eigenvalue weighted by Crippen LogP contribution is -2.37. The predicted octanol–water partition coefficient (Wildman–Crippen LogP) is 2.73. The van der Waals surface area contributed by atoms with Crippen molar-refractivity contribution in [2.75, 3.05) is 24.5 Å². The van der Waals surface area contributed by atoms with Gasteiger partial charge in [0.05, 0.1) is 16.8 Å². The van der Waals surface area contributed by atoms with Crippen molar-refractivity contribution in [3.8, 4) is 5.75 Å². The number of phenols is 1. The zero-order valence-corrected chi connectivity index (χ0v) is 19.1. The number of rotatable bonds is 10. The summed E-state index contributed by atoms with van der Waals surface area (Å²) < 4.78 is 37.3. The third-order valence-corrected chi connectivity index (χ3v) is 6.62. The summed E-state index contributed by atoms with van der Waals surface area (Å²) in [5, 5.41) is 16.0. The molecule has 4 N–H and O–H groups in total. The molecule has 2 aromatic carbocycles. The lowest BCUT2D eigenvalue weighted by atomic mass is 10.1. The number of nitrogens with one attached hydrogen (secondary N) is 3. The van der Waals surface area contributed by atoms with E-state index in [4.69, 9.17) is 16.0 Å². The first-order chi connectivity index (χ1) is 15.1. The number of furan rings is 1. The zero-order chi connectivity index (χ0) is 23.6. The number of hydrogen-bond acceptors (Lipinski definition) is 9. The van der Waals surface area contributed by atoms with Crippen LogP contribution in [0.3, 0.4) is 0 Å². The van der Waals surface area contributed by atoms with Gasteiger partial charge in [-0.2, -0.15) is 4.72 Å². The molecule has 3 aromatic rings. The van der Waals surface area contributed by atoms with E-state index in [-0.39, 0.29) is 34.9 Å². The molecule has 10 nitrogen and oxygen atoms in total. The van der Waals surface area contributed by atoms with Crippen LogP contribution in [-0.4, -0.2) is 27.4 Å². The van der Waals surface area contributed by atoms with E-state index in [2.05, 4.69) is 20.1 Å². The van der Waals surface area contributed by atoms with Crippen LogP contribution in [0.2, 0.25) is 5.02 Å². The van der Waals surface area contributed by atoms with Gasteiger partial charge in [-0.15, -0.1) is 0 Å². The summed E-state index contributed by atoms with van der Waals surface area (Å²) in [6, 6.07) is 5.71. The van der Waals surface area contributed by atoms with Gasteiger partial charge in [0.1, 0.15) is 34.5 Å². The minimum atomic E-state index is -4.22. The summed E-state index contributed by atoms with van der Waals surface area (Å²) in [6.45, 7) is 3.33. The van der Waals surface area contributed by atoms with Gasteiger partial charge in [-0.1, -0.05) is 18.5 Å². The first-order valence-corrected chi connectivity index (χ1v) is 11.4. The van der Waals surface area contributed by atoms with Crippen molar-refractivity contribution in [2.45, 2.75) is 31.2 Å². The summed E-state index contributed by atoms with van der Waals surface area (Å²) in [5.41, 5.74) is -1.77. The molecular formula is C20H22ClN3O7S. The molecule has 0 bridgehead atoms. The molecule has 0 aliphatic rings. The van der Waals surface area contributed by atoms with Crippen molar-refractivity contribution in [3.05, 3.63) is 61.3 Å². The zero-order valence-electron chi connectivity index (χ0n) is 17.5. The fraction of sp³-hybridized carbons (Fsp3) is 0.300. The Labute approximate surface area is 188 Å². The highest BCUT2D eigenvalue weighted by Gasteiger charge is 2.28. The van der Waals surface area contributed by atoms with Crippen molar-refractivity contribution < 1.29 is 22.7 Å². The second-order valence-corrected chi connectivity index (χ2v) is 9.05. The second-order valence-electron chi connectivity index (χ2n) is 6.94. The minimum Gasteiger partial charge on any atom is -0.504 e. The average molecular weight is 484 g/mol. The van der Waals surface area contributed by atoms with Gasteiger partial charge < -0.3 is 24.9 Å². The number of methoxy groups -OCH3 is 1. The second kappa shape index (κ2) is 9.33. The number of ether oxygens (including phenoxy) is 1. The maximum absolute atomic E-state index is 12.5. The number of sulfonamides is 1. The Hall–Kier alpha value is -2.86. The Morgan fingerprint density at radius 1 is 1.16 bits per heavy atom. The molecule has 1 heterocycles. The molecular weight excluding hydrogens is 462 g/mol. The highest BCUT2D eigenvalue weighted by Crippen LogP contribution is 2.39. The molecule has 0 fully saturated rings. The smallest absolute Gasteiger partial charge is 0.253 e. The third-order valence-electron chi connectivity index (χ3n) is 4.75. The molecule has 0 spiro atoms. The molecule has 1 atom stereocenters. The Morgan fingerprint density at radius 2 is 1.84 bits per heavy atom. The normalized spacial score (nSPS) is 12.8. The van der Waals surface area contributed by atoms with Crippen LogP contribution in [0.5, 0.6) is 5.75 Å². The Bertz CT molecular complexity index is 1310. The van der Waals surface area contributed by atoms with E-state index in [0.29, 0.717) is 17.9 Å². The Kier molecular flexibility index (Phi) is 6.94. The van der Waals surface area contributed by atoms with E-state index in [1.165, 1.54) is 19.2 Å². The molecule has 172 valence electrons. The molecule has 0 amide bonds. The number of aryl methyl sites for hydroxylation is 1. The summed E-state index contributed by atoms with van der Waals surface area (Å²) in [4.78, 5) is 23.8. The monoisotopic (exact) mass is 483 g/mol. The molecule has 32 heavy (non-hydrogen) atoms. The van der Waals surface area contributed by atoms with Gasteiger partial charge in [0.15, 0.2) is 5.75 Å². The fourth-order valence-electron chi connectivity index (χ4n) is 3.08. The van der Waals surface area contributed by atoms with Crippen LogP contribution in [-0.2, 0) is 14.8 Å². The number of phenolic OH excluding ortho intramolecular Hbond substituents is 1. The van der Waals surface area contributed by atoms with Gasteiger partial charge in [0.2, 0.25) is 10.0 Å². The summed E-state index contributed by atoms with van der Waals surface area (Å²) >= 11 is 5.98. The topological polar surface area (TPSA) is 147 Å². The van der Waals surface area contributed by atoms with Crippen LogP contribution in [0.1, 0.15) is 30.9 Å². The Morgan fingerprint density at radius 3 is 2.44 bits per heavy atom. The van der Waals surface area contributed by atoms with Crippen LogP contribution in [0.4, 0.5) is 17.1 Å². The van der Waals surface area contributed by atoms with Gasteiger partial charge in [-0.3, -0.25) is 9.59 Å². The van der Waals surface area contributed by atoms with E-state index in [1.807, 2.05) is 6.92 Å². The fourth-order valence-corrected chi connectivity index (χ4v) is 4.65. The quantitative estimate of drug-likeness (QED) is 0.194. The lowest BCUT2D eigenvalue weighted by molar-refractivity contribution is 0.194. The van der Waals surface area contributed by atoms with Crippen LogP contribution in [0, 0.1) is 6.92 Å². The largest absolute Gasteiger partial charge is 0.504 e. The number of benzene rings is 1. The van der Waals surface area contributed by atoms with Crippen LogP contribution < -0.4 is 26.2 Å². The maximum Gasteiger partial charge on any atom is 0.253 e. The van der Waals surface area contributed by atoms with E-state index >= 15 is 0 Å². The molecule has 0 aliphatic heterocycles. The van der Waals surface area contributed by atoms with Crippen molar-refractivity contribution in [3.63, 3.8) is 0 Å². The maximum atomic E-state index is 12.5.